The number of amides is 2. The maximum absolute atomic E-state index is 13.0. The molecule has 8 nitrogen and oxygen atoms in total. The van der Waals surface area contributed by atoms with E-state index in [1.807, 2.05) is 66.7 Å². The summed E-state index contributed by atoms with van der Waals surface area (Å²) in [6.07, 6.45) is -0.369. The van der Waals surface area contributed by atoms with Crippen LogP contribution in [0.15, 0.2) is 78.9 Å². The lowest BCUT2D eigenvalue weighted by atomic mass is 9.98. The van der Waals surface area contributed by atoms with E-state index in [0.717, 1.165) is 27.8 Å². The van der Waals surface area contributed by atoms with Gasteiger partial charge in [-0.2, -0.15) is 0 Å². The van der Waals surface area contributed by atoms with E-state index in [-0.39, 0.29) is 25.6 Å². The topological polar surface area (TPSA) is 114 Å². The molecule has 2 amide bonds. The van der Waals surface area contributed by atoms with E-state index in [2.05, 4.69) is 22.8 Å². The van der Waals surface area contributed by atoms with Crippen LogP contribution in [0.5, 0.6) is 0 Å². The summed E-state index contributed by atoms with van der Waals surface area (Å²) < 4.78 is 11.6. The van der Waals surface area contributed by atoms with Crippen molar-refractivity contribution in [3.05, 3.63) is 95.6 Å². The maximum Gasteiger partial charge on any atom is 0.407 e. The third kappa shape index (κ3) is 7.45. The number of aliphatic carboxylic acids is 1. The van der Waals surface area contributed by atoms with E-state index >= 15 is 0 Å². The Labute approximate surface area is 228 Å². The minimum Gasteiger partial charge on any atom is -0.481 e. The van der Waals surface area contributed by atoms with Crippen LogP contribution in [0.1, 0.15) is 48.8 Å². The van der Waals surface area contributed by atoms with E-state index in [0.29, 0.717) is 19.4 Å². The quantitative estimate of drug-likeness (QED) is 0.272. The van der Waals surface area contributed by atoms with Gasteiger partial charge in [-0.05, 0) is 47.6 Å². The third-order valence-electron chi connectivity index (χ3n) is 6.84. The Bertz CT molecular complexity index is 1230. The van der Waals surface area contributed by atoms with Crippen molar-refractivity contribution in [1.82, 2.24) is 10.6 Å². The number of carboxylic acid groups (broad SMARTS) is 1. The molecule has 1 aliphatic carbocycles. The molecular formula is C31H34N2O6. The average Bonchev–Trinajstić information content (AvgIpc) is 3.27. The predicted octanol–water partition coefficient (Wildman–Crippen LogP) is 4.87. The van der Waals surface area contributed by atoms with Crippen LogP contribution in [0.25, 0.3) is 11.1 Å². The summed E-state index contributed by atoms with van der Waals surface area (Å²) in [5.74, 6) is -1.39. The molecule has 0 heterocycles. The van der Waals surface area contributed by atoms with Gasteiger partial charge in [-0.3, -0.25) is 9.59 Å². The number of nitrogens with one attached hydrogen (secondary N) is 2. The number of unbranched alkanes of at least 4 members (excludes halogenated alkanes) is 1. The van der Waals surface area contributed by atoms with Gasteiger partial charge in [0.25, 0.3) is 0 Å². The van der Waals surface area contributed by atoms with Gasteiger partial charge in [-0.25, -0.2) is 4.79 Å². The molecule has 0 aliphatic heterocycles. The van der Waals surface area contributed by atoms with Gasteiger partial charge < -0.3 is 25.2 Å². The van der Waals surface area contributed by atoms with Crippen LogP contribution in [-0.4, -0.2) is 48.4 Å². The minimum atomic E-state index is -0.996. The first kappa shape index (κ1) is 27.9. The van der Waals surface area contributed by atoms with Gasteiger partial charge >= 0.3 is 12.1 Å². The molecule has 0 radical (unpaired) electrons. The van der Waals surface area contributed by atoms with Gasteiger partial charge in [-0.15, -0.1) is 0 Å². The number of carboxylic acids is 1. The molecule has 4 rings (SSSR count). The van der Waals surface area contributed by atoms with Crippen LogP contribution >= 0.6 is 0 Å². The highest BCUT2D eigenvalue weighted by Crippen LogP contribution is 2.44. The first-order chi connectivity index (χ1) is 18.9. The summed E-state index contributed by atoms with van der Waals surface area (Å²) in [5, 5.41) is 14.3. The molecule has 39 heavy (non-hydrogen) atoms. The molecule has 0 saturated carbocycles. The van der Waals surface area contributed by atoms with Crippen molar-refractivity contribution < 1.29 is 29.0 Å². The lowest BCUT2D eigenvalue weighted by Gasteiger charge is -2.25. The van der Waals surface area contributed by atoms with E-state index < -0.39 is 30.1 Å². The second-order valence-electron chi connectivity index (χ2n) is 9.59. The van der Waals surface area contributed by atoms with Gasteiger partial charge in [0.05, 0.1) is 12.7 Å². The Balaban J connectivity index is 1.38. The molecule has 0 bridgehead atoms. The van der Waals surface area contributed by atoms with Gasteiger partial charge in [0.15, 0.2) is 0 Å². The number of hydrogen-bond acceptors (Lipinski definition) is 5. The Morgan fingerprint density at radius 2 is 1.49 bits per heavy atom. The first-order valence-electron chi connectivity index (χ1n) is 13.2. The molecule has 2 unspecified atom stereocenters. The van der Waals surface area contributed by atoms with Crippen molar-refractivity contribution in [2.75, 3.05) is 13.2 Å². The number of carbonyl (C=O) groups is 3. The van der Waals surface area contributed by atoms with Gasteiger partial charge in [0, 0.05) is 18.9 Å². The number of ether oxygens (including phenoxy) is 2. The van der Waals surface area contributed by atoms with E-state index in [9.17, 15) is 14.4 Å². The molecular weight excluding hydrogens is 496 g/mol. The van der Waals surface area contributed by atoms with Crippen LogP contribution in [0.2, 0.25) is 0 Å². The fraction of sp³-hybridized carbons (Fsp3) is 0.323. The van der Waals surface area contributed by atoms with Crippen LogP contribution in [0.4, 0.5) is 4.79 Å². The fourth-order valence-corrected chi connectivity index (χ4v) is 4.78. The average molecular weight is 531 g/mol. The Morgan fingerprint density at radius 3 is 2.13 bits per heavy atom. The summed E-state index contributed by atoms with van der Waals surface area (Å²) in [5.41, 5.74) is 5.40. The summed E-state index contributed by atoms with van der Waals surface area (Å²) in [7, 11) is 0. The highest BCUT2D eigenvalue weighted by molar-refractivity contribution is 5.86. The molecule has 2 atom stereocenters. The second-order valence-corrected chi connectivity index (χ2v) is 9.59. The highest BCUT2D eigenvalue weighted by atomic mass is 16.5. The summed E-state index contributed by atoms with van der Waals surface area (Å²) >= 11 is 0. The van der Waals surface area contributed by atoms with Gasteiger partial charge in [0.1, 0.15) is 12.6 Å². The summed E-state index contributed by atoms with van der Waals surface area (Å²) in [6, 6.07) is 24.7. The predicted molar refractivity (Wildman–Crippen MR) is 147 cm³/mol. The van der Waals surface area contributed by atoms with Crippen LogP contribution in [-0.2, 0) is 25.7 Å². The monoisotopic (exact) mass is 530 g/mol. The van der Waals surface area contributed by atoms with E-state index in [4.69, 9.17) is 14.6 Å². The van der Waals surface area contributed by atoms with Crippen molar-refractivity contribution in [3.63, 3.8) is 0 Å². The smallest absolute Gasteiger partial charge is 0.407 e. The SMILES string of the molecule is CC(OCc1ccccc1)C(NC(=O)OCC1c2ccccc2-c2ccccc21)C(=O)NCCCCC(=O)O. The molecule has 204 valence electrons. The zero-order valence-corrected chi connectivity index (χ0v) is 22.0. The number of alkyl carbamates (subject to hydrolysis) is 1. The number of hydrogen-bond donors (Lipinski definition) is 3. The largest absolute Gasteiger partial charge is 0.481 e. The van der Waals surface area contributed by atoms with Crippen molar-refractivity contribution >= 4 is 18.0 Å². The van der Waals surface area contributed by atoms with Gasteiger partial charge in [0.2, 0.25) is 5.91 Å². The molecule has 1 aliphatic rings. The van der Waals surface area contributed by atoms with Crippen LogP contribution in [0.3, 0.4) is 0 Å². The van der Waals surface area contributed by atoms with E-state index in [1.54, 1.807) is 6.92 Å². The Morgan fingerprint density at radius 1 is 0.872 bits per heavy atom. The molecule has 0 spiro atoms. The van der Waals surface area contributed by atoms with Gasteiger partial charge in [-0.1, -0.05) is 78.9 Å². The highest BCUT2D eigenvalue weighted by Gasteiger charge is 2.31. The molecule has 3 N–H and O–H groups in total. The number of benzene rings is 3. The summed E-state index contributed by atoms with van der Waals surface area (Å²) in [4.78, 5) is 36.7. The molecule has 0 fully saturated rings. The standard InChI is InChI=1S/C31H34N2O6/c1-21(38-19-22-11-3-2-4-12-22)29(30(36)32-18-10-9-17-28(34)35)33-31(37)39-20-27-25-15-7-5-13-23(25)24-14-6-8-16-26(24)27/h2-8,11-16,21,27,29H,9-10,17-20H2,1H3,(H,32,36)(H,33,37)(H,34,35). The van der Waals surface area contributed by atoms with E-state index in [1.165, 1.54) is 0 Å². The molecule has 0 saturated heterocycles. The Kier molecular flexibility index (Phi) is 9.69. The number of rotatable bonds is 13. The van der Waals surface area contributed by atoms with Crippen molar-refractivity contribution in [2.45, 2.75) is 50.9 Å². The van der Waals surface area contributed by atoms with Crippen LogP contribution in [0, 0.1) is 0 Å². The third-order valence-corrected chi connectivity index (χ3v) is 6.84. The minimum absolute atomic E-state index is 0.0356. The number of carbonyl (C=O) groups excluding carboxylic acids is 2. The number of fused-ring (bicyclic) bond motifs is 3. The lowest BCUT2D eigenvalue weighted by molar-refractivity contribution is -0.137. The molecule has 0 aromatic heterocycles. The molecule has 3 aromatic carbocycles. The normalized spacial score (nSPS) is 13.6. The van der Waals surface area contributed by atoms with Crippen LogP contribution < -0.4 is 10.6 Å². The molecule has 3 aromatic rings. The fourth-order valence-electron chi connectivity index (χ4n) is 4.78. The second kappa shape index (κ2) is 13.6. The first-order valence-corrected chi connectivity index (χ1v) is 13.2. The zero-order chi connectivity index (χ0) is 27.6. The summed E-state index contributed by atoms with van der Waals surface area (Å²) in [6.45, 7) is 2.42. The molecule has 8 heteroatoms. The maximum atomic E-state index is 13.0. The van der Waals surface area contributed by atoms with Crippen molar-refractivity contribution in [1.29, 1.82) is 0 Å². The zero-order valence-electron chi connectivity index (χ0n) is 22.0. The van der Waals surface area contributed by atoms with Crippen molar-refractivity contribution in [3.8, 4) is 11.1 Å². The lowest BCUT2D eigenvalue weighted by Crippen LogP contribution is -2.53. The Hall–Kier alpha value is -4.17. The van der Waals surface area contributed by atoms with Crippen molar-refractivity contribution in [2.24, 2.45) is 0 Å².